The number of hydrogen-bond acceptors (Lipinski definition) is 10. The Hall–Kier alpha value is -5.84. The molecule has 0 bridgehead atoms. The molecule has 3 aliphatic rings. The molecule has 3 amide bonds. The molecule has 3 saturated heterocycles. The Morgan fingerprint density at radius 1 is 0.825 bits per heavy atom. The number of methoxy groups -OCH3 is 1. The molecule has 16 heteroatoms. The maximum Gasteiger partial charge on any atom is 0.407 e. The van der Waals surface area contributed by atoms with Crippen LogP contribution in [0.4, 0.5) is 4.79 Å². The predicted octanol–water partition coefficient (Wildman–Crippen LogP) is 4.98. The van der Waals surface area contributed by atoms with E-state index in [2.05, 4.69) is 79.2 Å². The van der Waals surface area contributed by atoms with Crippen molar-refractivity contribution in [2.24, 2.45) is 5.92 Å². The molecule has 3 aromatic heterocycles. The zero-order valence-corrected chi connectivity index (χ0v) is 32.3. The zero-order chi connectivity index (χ0) is 39.5. The molecule has 3 aliphatic heterocycles. The van der Waals surface area contributed by atoms with Crippen LogP contribution in [0.3, 0.4) is 0 Å². The SMILES string of the molecule is COC(=O)N[C@@H](Cn1cccn1)C(=O)N1CCC[C@H]1c1ncc(-c2ccc(-c3ccc(-c4cnc([C@@H]5CCCN5C(=O)[C@@H](NC5OCO5)C(C)C)[nH]4)cc3)cc2)[nH]1. The summed E-state index contributed by atoms with van der Waals surface area (Å²) < 4.78 is 17.1. The fraction of sp³-hybridized carbons (Fsp3) is 0.415. The second kappa shape index (κ2) is 16.7. The third-order valence-electron chi connectivity index (χ3n) is 11.0. The van der Waals surface area contributed by atoms with Gasteiger partial charge in [-0.2, -0.15) is 5.10 Å². The quantitative estimate of drug-likeness (QED) is 0.127. The first-order chi connectivity index (χ1) is 27.7. The Bertz CT molecular complexity index is 2140. The molecule has 0 unspecified atom stereocenters. The smallest absolute Gasteiger partial charge is 0.407 e. The van der Waals surface area contributed by atoms with Crippen molar-refractivity contribution >= 4 is 17.9 Å². The van der Waals surface area contributed by atoms with Gasteiger partial charge >= 0.3 is 6.09 Å². The molecule has 4 atom stereocenters. The fourth-order valence-electron chi connectivity index (χ4n) is 7.91. The minimum absolute atomic E-state index is 0.0301. The number of rotatable bonds is 13. The van der Waals surface area contributed by atoms with E-state index >= 15 is 0 Å². The number of alkyl carbamates (subject to hydrolysis) is 1. The standard InChI is InChI=1S/C41H48N10O6/c1-25(2)35(48-41-56-24-57-41)39(53)51-20-5-8-34(51)37-43-22-31(46-37)29-15-11-27(12-16-29)26-9-13-28(14-10-26)30-21-42-36(45-30)33-7-4-19-50(33)38(52)32(47-40(54)55-3)23-49-18-6-17-44-49/h6,9-18,21-22,25,32-35,41,48H,4-5,7-8,19-20,23-24H2,1-3H3,(H,42,45)(H,43,46)(H,47,54)/t32-,33-,34-,35-/m0/s1. The number of aromatic amines is 2. The number of benzene rings is 2. The molecule has 3 fully saturated rings. The highest BCUT2D eigenvalue weighted by Crippen LogP contribution is 2.35. The molecular formula is C41H48N10O6. The summed E-state index contributed by atoms with van der Waals surface area (Å²) in [6.07, 6.45) is 9.12. The molecular weight excluding hydrogens is 729 g/mol. The number of likely N-dealkylation sites (tertiary alicyclic amines) is 2. The first-order valence-corrected chi connectivity index (χ1v) is 19.5. The monoisotopic (exact) mass is 776 g/mol. The van der Waals surface area contributed by atoms with Crippen molar-refractivity contribution in [3.8, 4) is 33.6 Å². The Morgan fingerprint density at radius 3 is 1.84 bits per heavy atom. The van der Waals surface area contributed by atoms with Gasteiger partial charge in [0.2, 0.25) is 18.2 Å². The Kier molecular flexibility index (Phi) is 11.2. The first kappa shape index (κ1) is 38.1. The van der Waals surface area contributed by atoms with Crippen LogP contribution in [0.25, 0.3) is 33.6 Å². The van der Waals surface area contributed by atoms with Gasteiger partial charge in [0.1, 0.15) is 17.7 Å². The molecule has 16 nitrogen and oxygen atoms in total. The highest BCUT2D eigenvalue weighted by Gasteiger charge is 2.39. The van der Waals surface area contributed by atoms with E-state index in [9.17, 15) is 14.4 Å². The molecule has 4 N–H and O–H groups in total. The van der Waals surface area contributed by atoms with E-state index in [1.54, 1.807) is 34.2 Å². The highest BCUT2D eigenvalue weighted by molar-refractivity contribution is 5.86. The second-order valence-corrected chi connectivity index (χ2v) is 15.0. The van der Waals surface area contributed by atoms with Crippen LogP contribution in [0.2, 0.25) is 0 Å². The van der Waals surface area contributed by atoms with Crippen LogP contribution in [0.1, 0.15) is 63.3 Å². The van der Waals surface area contributed by atoms with Gasteiger partial charge in [-0.1, -0.05) is 62.4 Å². The number of hydrogen-bond donors (Lipinski definition) is 4. The molecule has 298 valence electrons. The lowest BCUT2D eigenvalue weighted by Crippen LogP contribution is -2.56. The number of H-pyrrole nitrogens is 2. The average Bonchev–Trinajstić information content (AvgIpc) is 4.06. The van der Waals surface area contributed by atoms with E-state index in [0.717, 1.165) is 65.1 Å². The van der Waals surface area contributed by atoms with Crippen LogP contribution in [-0.4, -0.2) is 103 Å². The van der Waals surface area contributed by atoms with Gasteiger partial charge in [0.25, 0.3) is 0 Å². The number of carbonyl (C=O) groups is 3. The highest BCUT2D eigenvalue weighted by atomic mass is 16.9. The van der Waals surface area contributed by atoms with Gasteiger partial charge in [0, 0.05) is 25.5 Å². The van der Waals surface area contributed by atoms with Crippen molar-refractivity contribution in [3.05, 3.63) is 91.0 Å². The van der Waals surface area contributed by atoms with Gasteiger partial charge in [0.15, 0.2) is 6.79 Å². The van der Waals surface area contributed by atoms with Crippen LogP contribution in [0.5, 0.6) is 0 Å². The predicted molar refractivity (Wildman–Crippen MR) is 209 cm³/mol. The Labute approximate surface area is 330 Å². The van der Waals surface area contributed by atoms with Gasteiger partial charge in [-0.15, -0.1) is 0 Å². The first-order valence-electron chi connectivity index (χ1n) is 19.5. The summed E-state index contributed by atoms with van der Waals surface area (Å²) in [6, 6.07) is 16.7. The van der Waals surface area contributed by atoms with Gasteiger partial charge in [-0.3, -0.25) is 19.6 Å². The van der Waals surface area contributed by atoms with E-state index in [4.69, 9.17) is 19.2 Å². The lowest BCUT2D eigenvalue weighted by atomic mass is 10.0. The van der Waals surface area contributed by atoms with Crippen LogP contribution in [0.15, 0.2) is 79.4 Å². The number of ether oxygens (including phenoxy) is 3. The number of amides is 3. The third kappa shape index (κ3) is 8.19. The normalized spacial score (nSPS) is 19.4. The van der Waals surface area contributed by atoms with E-state index in [0.29, 0.717) is 18.9 Å². The maximum absolute atomic E-state index is 13.8. The number of nitrogens with one attached hydrogen (secondary N) is 4. The summed E-state index contributed by atoms with van der Waals surface area (Å²) >= 11 is 0. The number of imidazole rings is 2. The molecule has 0 aliphatic carbocycles. The van der Waals surface area contributed by atoms with Crippen molar-refractivity contribution in [1.82, 2.24) is 50.1 Å². The van der Waals surface area contributed by atoms with Crippen LogP contribution in [0, 0.1) is 5.92 Å². The molecule has 0 saturated carbocycles. The van der Waals surface area contributed by atoms with Crippen molar-refractivity contribution < 1.29 is 28.6 Å². The number of carbonyl (C=O) groups excluding carboxylic acids is 3. The van der Waals surface area contributed by atoms with E-state index in [1.165, 1.54) is 7.11 Å². The molecule has 2 aromatic carbocycles. The average molecular weight is 777 g/mol. The third-order valence-corrected chi connectivity index (χ3v) is 11.0. The molecule has 0 radical (unpaired) electrons. The summed E-state index contributed by atoms with van der Waals surface area (Å²) in [7, 11) is 1.27. The van der Waals surface area contributed by atoms with E-state index in [-0.39, 0.29) is 43.2 Å². The zero-order valence-electron chi connectivity index (χ0n) is 32.3. The Morgan fingerprint density at radius 2 is 1.37 bits per heavy atom. The number of nitrogens with zero attached hydrogens (tertiary/aromatic N) is 6. The summed E-state index contributed by atoms with van der Waals surface area (Å²) in [5, 5.41) is 10.1. The van der Waals surface area contributed by atoms with Crippen LogP contribution in [-0.2, 0) is 30.3 Å². The van der Waals surface area contributed by atoms with Crippen molar-refractivity contribution in [3.63, 3.8) is 0 Å². The number of aromatic nitrogens is 6. The van der Waals surface area contributed by atoms with Crippen LogP contribution < -0.4 is 10.6 Å². The lowest BCUT2D eigenvalue weighted by molar-refractivity contribution is -0.335. The lowest BCUT2D eigenvalue weighted by Gasteiger charge is -2.35. The molecule has 5 aromatic rings. The molecule has 6 heterocycles. The molecule has 57 heavy (non-hydrogen) atoms. The maximum atomic E-state index is 13.8. The van der Waals surface area contributed by atoms with Crippen molar-refractivity contribution in [2.75, 3.05) is 27.0 Å². The van der Waals surface area contributed by atoms with Gasteiger partial charge < -0.3 is 39.3 Å². The minimum atomic E-state index is -0.847. The fourth-order valence-corrected chi connectivity index (χ4v) is 7.91. The largest absolute Gasteiger partial charge is 0.453 e. The summed E-state index contributed by atoms with van der Waals surface area (Å²) in [5.41, 5.74) is 5.85. The van der Waals surface area contributed by atoms with E-state index < -0.39 is 24.6 Å². The van der Waals surface area contributed by atoms with Gasteiger partial charge in [0.05, 0.1) is 55.6 Å². The second-order valence-electron chi connectivity index (χ2n) is 15.0. The van der Waals surface area contributed by atoms with Crippen molar-refractivity contribution in [1.29, 1.82) is 0 Å². The van der Waals surface area contributed by atoms with Gasteiger partial charge in [-0.05, 0) is 59.9 Å². The van der Waals surface area contributed by atoms with Crippen molar-refractivity contribution in [2.45, 2.75) is 76.7 Å². The Balaban J connectivity index is 0.910. The molecule has 8 rings (SSSR count). The summed E-state index contributed by atoms with van der Waals surface area (Å²) in [4.78, 5) is 59.6. The topological polar surface area (TPSA) is 185 Å². The summed E-state index contributed by atoms with van der Waals surface area (Å²) in [5.74, 6) is 1.37. The van der Waals surface area contributed by atoms with Gasteiger partial charge in [-0.25, -0.2) is 14.8 Å². The molecule has 0 spiro atoms. The van der Waals surface area contributed by atoms with E-state index in [1.807, 2.05) is 24.9 Å². The summed E-state index contributed by atoms with van der Waals surface area (Å²) in [6.45, 7) is 5.69. The van der Waals surface area contributed by atoms with Crippen LogP contribution >= 0.6 is 0 Å². The minimum Gasteiger partial charge on any atom is -0.453 e.